The van der Waals surface area contributed by atoms with Crippen molar-refractivity contribution >= 4 is 11.5 Å². The lowest BCUT2D eigenvalue weighted by atomic mass is 10.1. The molecule has 0 radical (unpaired) electrons. The molecule has 0 saturated heterocycles. The molecular formula is C11H12N4. The standard InChI is InChI=1S/C11H12N4/c12-8-9-4-3-5-10(9)14-15-11-6-1-2-7-13-11/h1-2,6-7,9H,3-5H2,(H,13,15)/b14-10+/t9-/m1/s1. The summed E-state index contributed by atoms with van der Waals surface area (Å²) >= 11 is 0. The van der Waals surface area contributed by atoms with Gasteiger partial charge in [-0.1, -0.05) is 6.07 Å². The fourth-order valence-electron chi connectivity index (χ4n) is 1.66. The number of nitriles is 1. The van der Waals surface area contributed by atoms with Gasteiger partial charge in [0.05, 0.1) is 17.7 Å². The average Bonchev–Trinajstić information content (AvgIpc) is 2.75. The van der Waals surface area contributed by atoms with E-state index in [2.05, 4.69) is 21.6 Å². The summed E-state index contributed by atoms with van der Waals surface area (Å²) in [6, 6.07) is 7.85. The Morgan fingerprint density at radius 3 is 3.20 bits per heavy atom. The molecule has 1 aliphatic rings. The van der Waals surface area contributed by atoms with Crippen LogP contribution in [0.5, 0.6) is 0 Å². The van der Waals surface area contributed by atoms with Gasteiger partial charge in [0.1, 0.15) is 5.82 Å². The van der Waals surface area contributed by atoms with Gasteiger partial charge in [0.2, 0.25) is 0 Å². The van der Waals surface area contributed by atoms with Crippen molar-refractivity contribution in [2.75, 3.05) is 5.43 Å². The highest BCUT2D eigenvalue weighted by atomic mass is 15.3. The molecule has 4 nitrogen and oxygen atoms in total. The van der Waals surface area contributed by atoms with Crippen LogP contribution in [0.4, 0.5) is 5.82 Å². The number of nitrogens with one attached hydrogen (secondary N) is 1. The third-order valence-electron chi connectivity index (χ3n) is 2.46. The van der Waals surface area contributed by atoms with Crippen LogP contribution in [-0.2, 0) is 0 Å². The van der Waals surface area contributed by atoms with E-state index >= 15 is 0 Å². The SMILES string of the molecule is N#C[C@H]1CCC/C1=N\Nc1ccccn1. The molecule has 1 heterocycles. The fourth-order valence-corrected chi connectivity index (χ4v) is 1.66. The molecule has 1 aromatic rings. The Bertz CT molecular complexity index is 391. The lowest BCUT2D eigenvalue weighted by Gasteiger charge is -2.02. The summed E-state index contributed by atoms with van der Waals surface area (Å²) in [7, 11) is 0. The molecule has 0 aliphatic heterocycles. The maximum absolute atomic E-state index is 8.86. The smallest absolute Gasteiger partial charge is 0.146 e. The highest BCUT2D eigenvalue weighted by molar-refractivity contribution is 5.91. The zero-order valence-corrected chi connectivity index (χ0v) is 8.35. The molecule has 0 bridgehead atoms. The zero-order valence-electron chi connectivity index (χ0n) is 8.35. The molecule has 76 valence electrons. The van der Waals surface area contributed by atoms with Gasteiger partial charge in [-0.15, -0.1) is 0 Å². The Labute approximate surface area is 88.6 Å². The molecule has 4 heteroatoms. The molecule has 15 heavy (non-hydrogen) atoms. The summed E-state index contributed by atoms with van der Waals surface area (Å²) < 4.78 is 0. The van der Waals surface area contributed by atoms with E-state index in [-0.39, 0.29) is 5.92 Å². The number of hydrogen-bond donors (Lipinski definition) is 1. The highest BCUT2D eigenvalue weighted by Crippen LogP contribution is 2.21. The Balaban J connectivity index is 2.03. The van der Waals surface area contributed by atoms with Crippen LogP contribution in [0, 0.1) is 17.2 Å². The van der Waals surface area contributed by atoms with Crippen molar-refractivity contribution in [3.63, 3.8) is 0 Å². The van der Waals surface area contributed by atoms with Crippen molar-refractivity contribution in [2.24, 2.45) is 11.0 Å². The van der Waals surface area contributed by atoms with E-state index in [1.807, 2.05) is 18.2 Å². The molecule has 2 rings (SSSR count). The summed E-state index contributed by atoms with van der Waals surface area (Å²) in [5.74, 6) is 0.704. The quantitative estimate of drug-likeness (QED) is 0.744. The predicted octanol–water partition coefficient (Wildman–Crippen LogP) is 2.17. The zero-order chi connectivity index (χ0) is 10.5. The van der Waals surface area contributed by atoms with Gasteiger partial charge in [-0.3, -0.25) is 5.43 Å². The molecular weight excluding hydrogens is 188 g/mol. The van der Waals surface area contributed by atoms with Crippen LogP contribution >= 0.6 is 0 Å². The third-order valence-corrected chi connectivity index (χ3v) is 2.46. The molecule has 1 fully saturated rings. The predicted molar refractivity (Wildman–Crippen MR) is 58.2 cm³/mol. The molecule has 1 saturated carbocycles. The van der Waals surface area contributed by atoms with Gasteiger partial charge in [0, 0.05) is 6.20 Å². The molecule has 1 N–H and O–H groups in total. The Hall–Kier alpha value is -1.89. The maximum atomic E-state index is 8.86. The lowest BCUT2D eigenvalue weighted by molar-refractivity contribution is 0.795. The van der Waals surface area contributed by atoms with Gasteiger partial charge in [-0.25, -0.2) is 4.98 Å². The van der Waals surface area contributed by atoms with Crippen molar-refractivity contribution in [2.45, 2.75) is 19.3 Å². The van der Waals surface area contributed by atoms with E-state index in [1.54, 1.807) is 6.20 Å². The van der Waals surface area contributed by atoms with Crippen LogP contribution in [0.2, 0.25) is 0 Å². The summed E-state index contributed by atoms with van der Waals surface area (Å²) in [6.07, 6.45) is 4.61. The molecule has 0 spiro atoms. The Kier molecular flexibility index (Phi) is 2.93. The number of aromatic nitrogens is 1. The first-order valence-electron chi connectivity index (χ1n) is 5.03. The molecule has 0 amide bonds. The number of rotatable bonds is 2. The van der Waals surface area contributed by atoms with Crippen LogP contribution in [0.25, 0.3) is 0 Å². The van der Waals surface area contributed by atoms with Crippen LogP contribution < -0.4 is 5.43 Å². The first kappa shape index (κ1) is 9.66. The van der Waals surface area contributed by atoms with Crippen molar-refractivity contribution in [1.29, 1.82) is 5.26 Å². The molecule has 1 aliphatic carbocycles. The van der Waals surface area contributed by atoms with E-state index in [0.29, 0.717) is 5.82 Å². The summed E-state index contributed by atoms with van der Waals surface area (Å²) in [5.41, 5.74) is 3.82. The van der Waals surface area contributed by atoms with Crippen molar-refractivity contribution in [3.05, 3.63) is 24.4 Å². The normalized spacial score (nSPS) is 22.6. The van der Waals surface area contributed by atoms with E-state index in [1.165, 1.54) is 0 Å². The summed E-state index contributed by atoms with van der Waals surface area (Å²) in [6.45, 7) is 0. The minimum absolute atomic E-state index is 0.0128. The number of hydrogen-bond acceptors (Lipinski definition) is 4. The van der Waals surface area contributed by atoms with Gasteiger partial charge in [-0.2, -0.15) is 10.4 Å². The maximum Gasteiger partial charge on any atom is 0.146 e. The average molecular weight is 200 g/mol. The number of hydrazone groups is 1. The van der Waals surface area contributed by atoms with Crippen molar-refractivity contribution < 1.29 is 0 Å². The van der Waals surface area contributed by atoms with Gasteiger partial charge in [-0.05, 0) is 31.4 Å². The highest BCUT2D eigenvalue weighted by Gasteiger charge is 2.21. The Morgan fingerprint density at radius 1 is 1.53 bits per heavy atom. The lowest BCUT2D eigenvalue weighted by Crippen LogP contribution is -2.07. The minimum atomic E-state index is -0.0128. The second-order valence-electron chi connectivity index (χ2n) is 3.50. The monoisotopic (exact) mass is 200 g/mol. The second-order valence-corrected chi connectivity index (χ2v) is 3.50. The first-order chi connectivity index (χ1) is 7.40. The van der Waals surface area contributed by atoms with E-state index in [9.17, 15) is 0 Å². The van der Waals surface area contributed by atoms with Crippen LogP contribution in [0.15, 0.2) is 29.5 Å². The van der Waals surface area contributed by atoms with E-state index in [4.69, 9.17) is 5.26 Å². The van der Waals surface area contributed by atoms with E-state index in [0.717, 1.165) is 25.0 Å². The minimum Gasteiger partial charge on any atom is -0.261 e. The third kappa shape index (κ3) is 2.32. The largest absolute Gasteiger partial charge is 0.261 e. The summed E-state index contributed by atoms with van der Waals surface area (Å²) in [4.78, 5) is 4.09. The van der Waals surface area contributed by atoms with Crippen molar-refractivity contribution in [3.8, 4) is 6.07 Å². The fraction of sp³-hybridized carbons (Fsp3) is 0.364. The Morgan fingerprint density at radius 2 is 2.47 bits per heavy atom. The van der Waals surface area contributed by atoms with E-state index < -0.39 is 0 Å². The first-order valence-corrected chi connectivity index (χ1v) is 5.03. The van der Waals surface area contributed by atoms with Gasteiger partial charge >= 0.3 is 0 Å². The number of nitrogens with zero attached hydrogens (tertiary/aromatic N) is 3. The van der Waals surface area contributed by atoms with Gasteiger partial charge in [0.15, 0.2) is 0 Å². The molecule has 1 atom stereocenters. The molecule has 0 aromatic carbocycles. The second kappa shape index (κ2) is 4.56. The van der Waals surface area contributed by atoms with Gasteiger partial charge < -0.3 is 0 Å². The van der Waals surface area contributed by atoms with Crippen LogP contribution in [0.1, 0.15) is 19.3 Å². The number of anilines is 1. The topological polar surface area (TPSA) is 61.1 Å². The molecule has 0 unspecified atom stereocenters. The van der Waals surface area contributed by atoms with Gasteiger partial charge in [0.25, 0.3) is 0 Å². The number of pyridine rings is 1. The van der Waals surface area contributed by atoms with Crippen LogP contribution in [0.3, 0.4) is 0 Å². The molecule has 1 aromatic heterocycles. The van der Waals surface area contributed by atoms with Crippen molar-refractivity contribution in [1.82, 2.24) is 4.98 Å². The van der Waals surface area contributed by atoms with Crippen LogP contribution in [-0.4, -0.2) is 10.7 Å². The summed E-state index contributed by atoms with van der Waals surface area (Å²) in [5, 5.41) is 13.1.